The van der Waals surface area contributed by atoms with Crippen molar-refractivity contribution in [2.75, 3.05) is 55.8 Å². The molecule has 2 unspecified atom stereocenters. The molecule has 16 nitrogen and oxygen atoms in total. The van der Waals surface area contributed by atoms with Gasteiger partial charge in [0, 0.05) is 72.0 Å². The summed E-state index contributed by atoms with van der Waals surface area (Å²) in [5.74, 6) is 0.521. The molecule has 0 spiro atoms. The van der Waals surface area contributed by atoms with Crippen molar-refractivity contribution in [3.05, 3.63) is 82.7 Å². The number of amides is 4. The highest BCUT2D eigenvalue weighted by Crippen LogP contribution is 2.34. The molecule has 4 atom stereocenters. The van der Waals surface area contributed by atoms with Crippen LogP contribution in [-0.2, 0) is 23.8 Å². The smallest absolute Gasteiger partial charge is 0.315 e. The molecule has 19 heteroatoms. The summed E-state index contributed by atoms with van der Waals surface area (Å²) in [6.45, 7) is 4.68. The Morgan fingerprint density at radius 3 is 2.56 bits per heavy atom. The van der Waals surface area contributed by atoms with Crippen molar-refractivity contribution in [1.29, 1.82) is 0 Å². The number of anilines is 2. The van der Waals surface area contributed by atoms with Crippen LogP contribution in [0.15, 0.2) is 81.8 Å². The zero-order valence-electron chi connectivity index (χ0n) is 34.5. The Hall–Kier alpha value is -5.05. The van der Waals surface area contributed by atoms with Gasteiger partial charge >= 0.3 is 11.9 Å². The number of thioether (sulfide) groups is 1. The first kappa shape index (κ1) is 45.0. The molecule has 0 bridgehead atoms. The fraction of sp³-hybridized carbons (Fsp3) is 0.442. The fourth-order valence-corrected chi connectivity index (χ4v) is 9.85. The lowest BCUT2D eigenvalue weighted by Crippen LogP contribution is -2.45. The van der Waals surface area contributed by atoms with Gasteiger partial charge in [-0.05, 0) is 37.8 Å². The summed E-state index contributed by atoms with van der Waals surface area (Å²) < 4.78 is 18.1. The number of hydrazone groups is 2. The maximum Gasteiger partial charge on any atom is 0.315 e. The van der Waals surface area contributed by atoms with E-state index < -0.39 is 5.91 Å². The Bertz CT molecular complexity index is 2170. The van der Waals surface area contributed by atoms with E-state index in [2.05, 4.69) is 43.5 Å². The number of fused-ring (bicyclic) bond motifs is 1. The van der Waals surface area contributed by atoms with Crippen LogP contribution in [0.5, 0.6) is 0 Å². The summed E-state index contributed by atoms with van der Waals surface area (Å²) >= 11 is 4.43. The minimum atomic E-state index is -0.415. The van der Waals surface area contributed by atoms with Crippen LogP contribution in [0.1, 0.15) is 67.8 Å². The van der Waals surface area contributed by atoms with E-state index in [1.165, 1.54) is 27.7 Å². The summed E-state index contributed by atoms with van der Waals surface area (Å²) in [4.78, 5) is 59.4. The van der Waals surface area contributed by atoms with Gasteiger partial charge in [-0.1, -0.05) is 55.8 Å². The van der Waals surface area contributed by atoms with Crippen LogP contribution in [0, 0.1) is 0 Å². The number of unbranched alkanes of at least 4 members (excludes halogenated alkanes) is 2. The molecule has 2 aromatic heterocycles. The Morgan fingerprint density at radius 2 is 1.76 bits per heavy atom. The molecule has 3 aliphatic heterocycles. The summed E-state index contributed by atoms with van der Waals surface area (Å²) in [6, 6.07) is 16.4. The number of urea groups is 1. The molecule has 0 radical (unpaired) electrons. The van der Waals surface area contributed by atoms with Gasteiger partial charge in [0.25, 0.3) is 5.91 Å². The number of aromatic nitrogens is 2. The van der Waals surface area contributed by atoms with E-state index in [1.54, 1.807) is 30.1 Å². The van der Waals surface area contributed by atoms with Crippen LogP contribution in [0.2, 0.25) is 0 Å². The van der Waals surface area contributed by atoms with Crippen molar-refractivity contribution in [1.82, 2.24) is 25.9 Å². The van der Waals surface area contributed by atoms with Gasteiger partial charge in [-0.15, -0.1) is 22.7 Å². The number of nitrogens with zero attached hydrogens (tertiary/aromatic N) is 5. The second kappa shape index (κ2) is 22.9. The van der Waals surface area contributed by atoms with E-state index in [9.17, 15) is 19.2 Å². The topological polar surface area (TPSA) is 198 Å². The van der Waals surface area contributed by atoms with Gasteiger partial charge in [-0.2, -0.15) is 27.0 Å². The Morgan fingerprint density at radius 1 is 0.935 bits per heavy atom. The first-order valence-electron chi connectivity index (χ1n) is 20.9. The number of nitrogens with one attached hydrogen (secondary N) is 4. The lowest BCUT2D eigenvalue weighted by atomic mass is 10.0. The molecular weight excluding hydrogens is 851 g/mol. The predicted octanol–water partition coefficient (Wildman–Crippen LogP) is 6.12. The van der Waals surface area contributed by atoms with Crippen molar-refractivity contribution < 1.29 is 33.4 Å². The van der Waals surface area contributed by atoms with Gasteiger partial charge in [-0.25, -0.2) is 14.8 Å². The molecular formula is C43H51N9O7S3. The summed E-state index contributed by atoms with van der Waals surface area (Å²) in [5, 5.41) is 23.9. The molecule has 2 aromatic carbocycles. The second-order valence-corrected chi connectivity index (χ2v) is 17.7. The molecule has 62 heavy (non-hydrogen) atoms. The number of thiazole rings is 2. The molecule has 7 rings (SSSR count). The van der Waals surface area contributed by atoms with Crippen LogP contribution in [0.4, 0.5) is 15.1 Å². The highest BCUT2D eigenvalue weighted by molar-refractivity contribution is 8.00. The van der Waals surface area contributed by atoms with E-state index in [1.807, 2.05) is 53.2 Å². The SMILES string of the molecule is CCCCC(=O)CCCCOC(COCCOCCCNC(=O)c1ccc(-c2csc(N3N=C(c4ccccc4)C(=NNc4nccs4)C3=O)n2)cc1)[C@H]1SCC2NC(=O)N[C@@H]21. The van der Waals surface area contributed by atoms with Crippen LogP contribution in [0.25, 0.3) is 11.3 Å². The molecule has 2 fully saturated rings. The molecule has 2 saturated heterocycles. The molecule has 5 heterocycles. The Labute approximate surface area is 372 Å². The number of Topliss-reactive ketones (excluding diaryl/α,β-unsaturated/α-hetero) is 1. The minimum Gasteiger partial charge on any atom is -0.379 e. The zero-order chi connectivity index (χ0) is 43.1. The molecule has 4 amide bonds. The predicted molar refractivity (Wildman–Crippen MR) is 243 cm³/mol. The number of hydrogen-bond donors (Lipinski definition) is 4. The number of carbonyl (C=O) groups is 4. The largest absolute Gasteiger partial charge is 0.379 e. The standard InChI is InChI=1S/C43H51N9O7S3/c1-2-3-12-31(53)13-7-8-21-59-34(38-36-33(27-61-38)46-41(56)48-36)25-58-23-22-57-20-9-18-44-39(54)30-16-14-28(15-17-30)32-26-62-43(47-32)52-40(55)37(49-50-42-45-19-24-60-42)35(51-52)29-10-5-4-6-11-29/h4-6,10-11,14-17,19,24,26,33-34,36,38H,2-3,7-9,12-13,18,20-23,25,27H2,1H3,(H,44,54)(H,45,50)(H2,46,48,56)/t33?,34?,36-,38+/m0/s1. The highest BCUT2D eigenvalue weighted by Gasteiger charge is 2.47. The van der Waals surface area contributed by atoms with Gasteiger partial charge in [0.2, 0.25) is 10.3 Å². The number of benzene rings is 2. The summed E-state index contributed by atoms with van der Waals surface area (Å²) in [5.41, 5.74) is 6.11. The Kier molecular flexibility index (Phi) is 16.6. The maximum absolute atomic E-state index is 13.6. The van der Waals surface area contributed by atoms with E-state index in [4.69, 9.17) is 19.2 Å². The first-order chi connectivity index (χ1) is 30.4. The van der Waals surface area contributed by atoms with Crippen LogP contribution in [-0.4, -0.2) is 114 Å². The Balaban J connectivity index is 0.815. The van der Waals surface area contributed by atoms with Crippen molar-refractivity contribution >= 4 is 79.8 Å². The number of carbonyl (C=O) groups excluding carboxylic acids is 4. The number of hydrogen-bond acceptors (Lipinski definition) is 15. The third kappa shape index (κ3) is 12.1. The zero-order valence-corrected chi connectivity index (χ0v) is 36.9. The molecule has 0 aliphatic carbocycles. The third-order valence-electron chi connectivity index (χ3n) is 10.3. The van der Waals surface area contributed by atoms with E-state index in [0.29, 0.717) is 91.9 Å². The molecule has 0 saturated carbocycles. The normalized spacial score (nSPS) is 19.3. The fourth-order valence-electron chi connectivity index (χ4n) is 7.04. The third-order valence-corrected chi connectivity index (χ3v) is 13.3. The number of ketones is 1. The quantitative estimate of drug-likeness (QED) is 0.0340. The minimum absolute atomic E-state index is 0.0146. The highest BCUT2D eigenvalue weighted by atomic mass is 32.2. The van der Waals surface area contributed by atoms with Gasteiger partial charge in [-0.3, -0.25) is 19.8 Å². The van der Waals surface area contributed by atoms with Crippen molar-refractivity contribution in [2.45, 2.75) is 75.3 Å². The summed E-state index contributed by atoms with van der Waals surface area (Å²) in [6.07, 6.45) is 6.87. The molecule has 4 aromatic rings. The van der Waals surface area contributed by atoms with E-state index in [-0.39, 0.29) is 41.1 Å². The van der Waals surface area contributed by atoms with E-state index in [0.717, 1.165) is 42.6 Å². The van der Waals surface area contributed by atoms with Crippen molar-refractivity contribution in [2.24, 2.45) is 10.2 Å². The molecule has 3 aliphatic rings. The molecule has 4 N–H and O–H groups in total. The van der Waals surface area contributed by atoms with Crippen molar-refractivity contribution in [3.63, 3.8) is 0 Å². The van der Waals surface area contributed by atoms with Gasteiger partial charge < -0.3 is 30.2 Å². The second-order valence-electron chi connectivity index (χ2n) is 14.8. The van der Waals surface area contributed by atoms with E-state index >= 15 is 0 Å². The lowest BCUT2D eigenvalue weighted by molar-refractivity contribution is -0.119. The average molecular weight is 902 g/mol. The number of ether oxygens (including phenoxy) is 3. The summed E-state index contributed by atoms with van der Waals surface area (Å²) in [7, 11) is 0. The first-order valence-corrected chi connectivity index (χ1v) is 23.7. The van der Waals surface area contributed by atoms with Gasteiger partial charge in [0.05, 0.1) is 49.0 Å². The number of rotatable bonds is 25. The van der Waals surface area contributed by atoms with Crippen LogP contribution >= 0.6 is 34.4 Å². The monoisotopic (exact) mass is 901 g/mol. The van der Waals surface area contributed by atoms with Gasteiger partial charge in [0.1, 0.15) is 11.5 Å². The lowest BCUT2D eigenvalue weighted by Gasteiger charge is -2.27. The van der Waals surface area contributed by atoms with Crippen LogP contribution in [0.3, 0.4) is 0 Å². The van der Waals surface area contributed by atoms with Crippen LogP contribution < -0.4 is 26.4 Å². The van der Waals surface area contributed by atoms with Gasteiger partial charge in [0.15, 0.2) is 5.71 Å². The maximum atomic E-state index is 13.6. The average Bonchev–Trinajstić information content (AvgIpc) is 4.15. The van der Waals surface area contributed by atoms with Crippen molar-refractivity contribution in [3.8, 4) is 11.3 Å². The molecule has 328 valence electrons.